The fourth-order valence-corrected chi connectivity index (χ4v) is 0.484. The number of aliphatic carboxylic acids is 1. The average Bonchev–Trinajstić information content (AvgIpc) is 2.00. The van der Waals surface area contributed by atoms with Gasteiger partial charge in [-0.1, -0.05) is 0 Å². The van der Waals surface area contributed by atoms with Crippen LogP contribution in [0.5, 0.6) is 0 Å². The van der Waals surface area contributed by atoms with E-state index in [1.54, 1.807) is 6.07 Å². The van der Waals surface area contributed by atoms with E-state index in [-0.39, 0.29) is 19.6 Å². The smallest absolute Gasteiger partial charge is 0.317 e. The zero-order valence-electron chi connectivity index (χ0n) is 6.33. The third-order valence-electron chi connectivity index (χ3n) is 0.926. The molecule has 0 saturated heterocycles. The normalized spacial score (nSPS) is 8.58. The van der Waals surface area contributed by atoms with Gasteiger partial charge in [-0.15, -0.1) is 0 Å². The van der Waals surface area contributed by atoms with Crippen LogP contribution in [0.1, 0.15) is 0 Å². The van der Waals surface area contributed by atoms with Crippen molar-refractivity contribution in [3.8, 4) is 6.07 Å². The van der Waals surface area contributed by atoms with E-state index in [0.29, 0.717) is 0 Å². The first-order valence-corrected chi connectivity index (χ1v) is 3.23. The summed E-state index contributed by atoms with van der Waals surface area (Å²) in [4.78, 5) is 20.6. The Labute approximate surface area is 69.2 Å². The Morgan fingerprint density at radius 3 is 2.58 bits per heavy atom. The second-order valence-corrected chi connectivity index (χ2v) is 1.93. The lowest BCUT2D eigenvalue weighted by Crippen LogP contribution is -2.36. The molecular formula is C6H9N3O3. The Morgan fingerprint density at radius 1 is 1.42 bits per heavy atom. The van der Waals surface area contributed by atoms with Crippen LogP contribution in [-0.4, -0.2) is 36.6 Å². The van der Waals surface area contributed by atoms with Crippen LogP contribution in [-0.2, 0) is 9.59 Å². The number of hydrogen-bond acceptors (Lipinski definition) is 4. The third-order valence-corrected chi connectivity index (χ3v) is 0.926. The molecule has 0 rings (SSSR count). The van der Waals surface area contributed by atoms with E-state index in [1.165, 1.54) is 0 Å². The molecule has 0 aliphatic heterocycles. The molecule has 12 heavy (non-hydrogen) atoms. The number of hydrogen-bond donors (Lipinski definition) is 3. The van der Waals surface area contributed by atoms with Gasteiger partial charge in [-0.2, -0.15) is 5.26 Å². The van der Waals surface area contributed by atoms with Gasteiger partial charge in [-0.05, 0) is 0 Å². The van der Waals surface area contributed by atoms with Crippen molar-refractivity contribution in [1.29, 1.82) is 5.26 Å². The lowest BCUT2D eigenvalue weighted by Gasteiger charge is -2.00. The molecule has 0 aromatic carbocycles. The third kappa shape index (κ3) is 6.51. The van der Waals surface area contributed by atoms with Crippen molar-refractivity contribution >= 4 is 11.9 Å². The number of carbonyl (C=O) groups excluding carboxylic acids is 1. The number of carbonyl (C=O) groups is 2. The molecule has 6 nitrogen and oxygen atoms in total. The number of nitrogens with one attached hydrogen (secondary N) is 2. The quantitative estimate of drug-likeness (QED) is 0.428. The van der Waals surface area contributed by atoms with Gasteiger partial charge >= 0.3 is 5.97 Å². The van der Waals surface area contributed by atoms with Crippen molar-refractivity contribution < 1.29 is 14.7 Å². The summed E-state index contributed by atoms with van der Waals surface area (Å²) in [6, 6.07) is 1.72. The summed E-state index contributed by atoms with van der Waals surface area (Å²) in [5.74, 6) is -1.42. The lowest BCUT2D eigenvalue weighted by atomic mass is 10.5. The number of rotatable bonds is 5. The molecule has 0 bridgehead atoms. The van der Waals surface area contributed by atoms with Gasteiger partial charge in [0.1, 0.15) is 6.54 Å². The molecule has 0 radical (unpaired) electrons. The molecule has 0 spiro atoms. The van der Waals surface area contributed by atoms with Gasteiger partial charge in [0, 0.05) is 0 Å². The second kappa shape index (κ2) is 6.12. The Bertz CT molecular complexity index is 209. The largest absolute Gasteiger partial charge is 0.480 e. The molecule has 3 N–H and O–H groups in total. The Kier molecular flexibility index (Phi) is 5.30. The molecule has 0 aromatic rings. The van der Waals surface area contributed by atoms with E-state index < -0.39 is 11.9 Å². The first-order valence-electron chi connectivity index (χ1n) is 3.23. The molecule has 0 unspecified atom stereocenters. The van der Waals surface area contributed by atoms with Crippen LogP contribution in [0.4, 0.5) is 0 Å². The van der Waals surface area contributed by atoms with Crippen LogP contribution < -0.4 is 10.6 Å². The van der Waals surface area contributed by atoms with Crippen LogP contribution >= 0.6 is 0 Å². The zero-order valence-corrected chi connectivity index (χ0v) is 6.33. The topological polar surface area (TPSA) is 102 Å². The molecule has 0 aromatic heterocycles. The highest BCUT2D eigenvalue weighted by Crippen LogP contribution is 1.64. The molecular weight excluding hydrogens is 162 g/mol. The lowest BCUT2D eigenvalue weighted by molar-refractivity contribution is -0.136. The molecule has 0 heterocycles. The summed E-state index contributed by atoms with van der Waals surface area (Å²) in [6.45, 7) is -0.415. The number of nitriles is 1. The Hall–Kier alpha value is -1.61. The molecule has 0 atom stereocenters. The van der Waals surface area contributed by atoms with E-state index in [0.717, 1.165) is 0 Å². The average molecular weight is 171 g/mol. The summed E-state index contributed by atoms with van der Waals surface area (Å²) in [5.41, 5.74) is 0. The first kappa shape index (κ1) is 10.4. The summed E-state index contributed by atoms with van der Waals surface area (Å²) >= 11 is 0. The predicted octanol–water partition coefficient (Wildman–Crippen LogP) is -1.70. The fraction of sp³-hybridized carbons (Fsp3) is 0.500. The van der Waals surface area contributed by atoms with E-state index >= 15 is 0 Å². The van der Waals surface area contributed by atoms with Crippen molar-refractivity contribution in [1.82, 2.24) is 10.6 Å². The highest BCUT2D eigenvalue weighted by atomic mass is 16.4. The Morgan fingerprint density at radius 2 is 2.08 bits per heavy atom. The van der Waals surface area contributed by atoms with Crippen LogP contribution in [0.15, 0.2) is 0 Å². The van der Waals surface area contributed by atoms with Crippen molar-refractivity contribution in [2.24, 2.45) is 0 Å². The Balaban J connectivity index is 3.33. The van der Waals surface area contributed by atoms with Crippen molar-refractivity contribution in [2.75, 3.05) is 19.6 Å². The first-order chi connectivity index (χ1) is 5.66. The van der Waals surface area contributed by atoms with Crippen molar-refractivity contribution in [2.45, 2.75) is 0 Å². The van der Waals surface area contributed by atoms with Gasteiger partial charge in [0.25, 0.3) is 0 Å². The highest BCUT2D eigenvalue weighted by Gasteiger charge is 2.00. The van der Waals surface area contributed by atoms with Gasteiger partial charge in [-0.25, -0.2) is 0 Å². The van der Waals surface area contributed by atoms with Gasteiger partial charge in [-0.3, -0.25) is 14.9 Å². The minimum Gasteiger partial charge on any atom is -0.480 e. The van der Waals surface area contributed by atoms with Crippen LogP contribution in [0.3, 0.4) is 0 Å². The van der Waals surface area contributed by atoms with Gasteiger partial charge in [0.05, 0.1) is 19.2 Å². The maximum absolute atomic E-state index is 10.7. The van der Waals surface area contributed by atoms with Gasteiger partial charge < -0.3 is 10.4 Å². The predicted molar refractivity (Wildman–Crippen MR) is 39.1 cm³/mol. The van der Waals surface area contributed by atoms with Crippen molar-refractivity contribution in [3.05, 3.63) is 0 Å². The molecule has 0 fully saturated rings. The maximum atomic E-state index is 10.7. The second-order valence-electron chi connectivity index (χ2n) is 1.93. The van der Waals surface area contributed by atoms with E-state index in [1.807, 2.05) is 0 Å². The van der Waals surface area contributed by atoms with E-state index in [4.69, 9.17) is 10.4 Å². The molecule has 0 aliphatic rings. The summed E-state index contributed by atoms with van der Waals surface area (Å²) < 4.78 is 0. The standard InChI is InChI=1S/C6H9N3O3/c7-1-2-9-5(10)3-8-4-6(11)12/h8H,2-4H2,(H,9,10)(H,11,12). The van der Waals surface area contributed by atoms with Crippen LogP contribution in [0.2, 0.25) is 0 Å². The number of nitrogens with zero attached hydrogens (tertiary/aromatic N) is 1. The minimum atomic E-state index is -1.02. The zero-order chi connectivity index (χ0) is 9.40. The molecule has 66 valence electrons. The minimum absolute atomic E-state index is 0.0619. The van der Waals surface area contributed by atoms with Gasteiger partial charge in [0.2, 0.25) is 5.91 Å². The summed E-state index contributed by atoms with van der Waals surface area (Å²) in [5, 5.41) is 20.8. The van der Waals surface area contributed by atoms with E-state index in [2.05, 4.69) is 10.6 Å². The SMILES string of the molecule is N#CCNC(=O)CNCC(=O)O. The number of carboxylic acids is 1. The van der Waals surface area contributed by atoms with Crippen LogP contribution in [0, 0.1) is 11.3 Å². The molecule has 6 heteroatoms. The van der Waals surface area contributed by atoms with E-state index in [9.17, 15) is 9.59 Å². The van der Waals surface area contributed by atoms with Gasteiger partial charge in [0.15, 0.2) is 0 Å². The summed E-state index contributed by atoms with van der Waals surface area (Å²) in [6.07, 6.45) is 0. The van der Waals surface area contributed by atoms with Crippen molar-refractivity contribution in [3.63, 3.8) is 0 Å². The fourth-order valence-electron chi connectivity index (χ4n) is 0.484. The maximum Gasteiger partial charge on any atom is 0.317 e. The molecule has 1 amide bonds. The summed E-state index contributed by atoms with van der Waals surface area (Å²) in [7, 11) is 0. The van der Waals surface area contributed by atoms with Crippen LogP contribution in [0.25, 0.3) is 0 Å². The monoisotopic (exact) mass is 171 g/mol. The molecule has 0 aliphatic carbocycles. The number of carboxylic acid groups (broad SMARTS) is 1. The highest BCUT2D eigenvalue weighted by molar-refractivity contribution is 5.79. The number of amides is 1. The molecule has 0 saturated carbocycles.